The number of carbonyl (C=O) groups excluding carboxylic acids is 1. The highest BCUT2D eigenvalue weighted by Gasteiger charge is 2.30. The Labute approximate surface area is 178 Å². The number of anilines is 1. The third-order valence-corrected chi connectivity index (χ3v) is 6.15. The van der Waals surface area contributed by atoms with Gasteiger partial charge in [0.05, 0.1) is 38.9 Å². The monoisotopic (exact) mass is 407 g/mol. The van der Waals surface area contributed by atoms with Crippen molar-refractivity contribution in [3.63, 3.8) is 0 Å². The van der Waals surface area contributed by atoms with Gasteiger partial charge in [0.15, 0.2) is 0 Å². The lowest BCUT2D eigenvalue weighted by atomic mass is 10.0. The second-order valence-electron chi connectivity index (χ2n) is 8.93. The van der Waals surface area contributed by atoms with Crippen molar-refractivity contribution in [1.29, 1.82) is 0 Å². The lowest BCUT2D eigenvalue weighted by Crippen LogP contribution is -2.50. The summed E-state index contributed by atoms with van der Waals surface area (Å²) in [4.78, 5) is 12.7. The van der Waals surface area contributed by atoms with Gasteiger partial charge in [-0.2, -0.15) is 0 Å². The molecule has 1 amide bonds. The summed E-state index contributed by atoms with van der Waals surface area (Å²) in [5.74, 6) is 0.708. The number of fused-ring (bicyclic) bond motifs is 1. The van der Waals surface area contributed by atoms with Crippen LogP contribution in [0.15, 0.2) is 48.0 Å². The van der Waals surface area contributed by atoms with Gasteiger partial charge in [-0.25, -0.2) is 0 Å². The van der Waals surface area contributed by atoms with E-state index in [1.54, 1.807) is 0 Å². The molecule has 2 aliphatic rings. The fraction of sp³-hybridized carbons (Fsp3) is 0.400. The van der Waals surface area contributed by atoms with Gasteiger partial charge in [0.1, 0.15) is 18.9 Å². The number of benzene rings is 2. The molecule has 5 heteroatoms. The summed E-state index contributed by atoms with van der Waals surface area (Å²) in [7, 11) is 4.58. The van der Waals surface area contributed by atoms with Crippen molar-refractivity contribution in [2.75, 3.05) is 39.2 Å². The van der Waals surface area contributed by atoms with E-state index in [9.17, 15) is 4.79 Å². The highest BCUT2D eigenvalue weighted by molar-refractivity contribution is 6.07. The Balaban J connectivity index is 1.39. The van der Waals surface area contributed by atoms with Crippen LogP contribution in [0.3, 0.4) is 0 Å². The van der Waals surface area contributed by atoms with Gasteiger partial charge in [0.2, 0.25) is 0 Å². The Bertz CT molecular complexity index is 941. The SMILES string of the molecule is Cc1ccc2c(c1)C=C(C(=O)Nc1ccc(C[N+](C)(C)C3CCOCC3)cc1)CO2. The zero-order valence-corrected chi connectivity index (χ0v) is 18.1. The lowest BCUT2D eigenvalue weighted by molar-refractivity contribution is -0.929. The van der Waals surface area contributed by atoms with Gasteiger partial charge in [-0.05, 0) is 37.3 Å². The van der Waals surface area contributed by atoms with E-state index in [-0.39, 0.29) is 12.5 Å². The van der Waals surface area contributed by atoms with Crippen LogP contribution >= 0.6 is 0 Å². The number of aryl methyl sites for hydroxylation is 1. The van der Waals surface area contributed by atoms with Crippen molar-refractivity contribution >= 4 is 17.7 Å². The molecule has 2 aromatic carbocycles. The van der Waals surface area contributed by atoms with Gasteiger partial charge in [-0.3, -0.25) is 4.79 Å². The molecule has 30 heavy (non-hydrogen) atoms. The maximum Gasteiger partial charge on any atom is 0.255 e. The van der Waals surface area contributed by atoms with E-state index >= 15 is 0 Å². The molecule has 158 valence electrons. The minimum absolute atomic E-state index is 0.117. The highest BCUT2D eigenvalue weighted by atomic mass is 16.5. The number of quaternary nitrogens is 1. The molecular formula is C25H31N2O3+. The number of hydrogen-bond acceptors (Lipinski definition) is 3. The fourth-order valence-electron chi connectivity index (χ4n) is 4.32. The van der Waals surface area contributed by atoms with E-state index in [1.165, 1.54) is 5.56 Å². The van der Waals surface area contributed by atoms with Crippen molar-refractivity contribution in [2.45, 2.75) is 32.4 Å². The molecule has 1 saturated heterocycles. The molecule has 1 N–H and O–H groups in total. The molecule has 0 unspecified atom stereocenters. The molecule has 0 radical (unpaired) electrons. The standard InChI is InChI=1S/C25H30N2O3/c1-18-4-9-24-20(14-18)15-21(17-30-24)25(28)26-22-7-5-19(6-8-22)16-27(2,3)23-10-12-29-13-11-23/h4-9,14-15,23H,10-13,16-17H2,1-3H3/p+1. The van der Waals surface area contributed by atoms with Gasteiger partial charge in [-0.1, -0.05) is 23.8 Å². The second-order valence-corrected chi connectivity index (χ2v) is 8.93. The Morgan fingerprint density at radius 2 is 1.83 bits per heavy atom. The quantitative estimate of drug-likeness (QED) is 0.757. The predicted molar refractivity (Wildman–Crippen MR) is 119 cm³/mol. The lowest BCUT2D eigenvalue weighted by Gasteiger charge is -2.40. The van der Waals surface area contributed by atoms with Crippen molar-refractivity contribution < 1.29 is 18.8 Å². The largest absolute Gasteiger partial charge is 0.488 e. The first kappa shape index (κ1) is 20.6. The van der Waals surface area contributed by atoms with Crippen LogP contribution in [0, 0.1) is 6.92 Å². The number of carbonyl (C=O) groups is 1. The van der Waals surface area contributed by atoms with Crippen LogP contribution in [-0.4, -0.2) is 50.3 Å². The summed E-state index contributed by atoms with van der Waals surface area (Å²) >= 11 is 0. The molecule has 4 rings (SSSR count). The Hall–Kier alpha value is -2.63. The van der Waals surface area contributed by atoms with Crippen LogP contribution in [0.25, 0.3) is 6.08 Å². The van der Waals surface area contributed by atoms with Crippen LogP contribution in [-0.2, 0) is 16.1 Å². The molecule has 0 saturated carbocycles. The third-order valence-electron chi connectivity index (χ3n) is 6.15. The van der Waals surface area contributed by atoms with Crippen molar-refractivity contribution in [2.24, 2.45) is 0 Å². The second kappa shape index (κ2) is 8.62. The van der Waals surface area contributed by atoms with Gasteiger partial charge in [0.25, 0.3) is 5.91 Å². The fourth-order valence-corrected chi connectivity index (χ4v) is 4.32. The summed E-state index contributed by atoms with van der Waals surface area (Å²) in [6, 6.07) is 14.8. The number of hydrogen-bond donors (Lipinski definition) is 1. The molecule has 2 aromatic rings. The Kier molecular flexibility index (Phi) is 5.93. The zero-order chi connectivity index (χ0) is 21.1. The van der Waals surface area contributed by atoms with Gasteiger partial charge < -0.3 is 19.3 Å². The minimum Gasteiger partial charge on any atom is -0.488 e. The molecule has 0 spiro atoms. The average molecular weight is 408 g/mol. The van der Waals surface area contributed by atoms with Gasteiger partial charge >= 0.3 is 0 Å². The maximum atomic E-state index is 12.7. The summed E-state index contributed by atoms with van der Waals surface area (Å²) in [5.41, 5.74) is 4.81. The first-order valence-corrected chi connectivity index (χ1v) is 10.7. The van der Waals surface area contributed by atoms with Crippen molar-refractivity contribution in [3.05, 3.63) is 64.7 Å². The normalized spacial score (nSPS) is 17.0. The summed E-state index contributed by atoms with van der Waals surface area (Å²) in [6.07, 6.45) is 4.14. The van der Waals surface area contributed by atoms with Crippen LogP contribution < -0.4 is 10.1 Å². The molecule has 0 aliphatic carbocycles. The van der Waals surface area contributed by atoms with Crippen LogP contribution in [0.1, 0.15) is 29.5 Å². The summed E-state index contributed by atoms with van der Waals surface area (Å²) < 4.78 is 12.2. The Morgan fingerprint density at radius 1 is 1.10 bits per heavy atom. The van der Waals surface area contributed by atoms with E-state index < -0.39 is 0 Å². The van der Waals surface area contributed by atoms with Gasteiger partial charge in [0, 0.05) is 29.7 Å². The van der Waals surface area contributed by atoms with E-state index in [1.807, 2.05) is 43.3 Å². The topological polar surface area (TPSA) is 47.6 Å². The molecule has 1 fully saturated rings. The molecule has 0 bridgehead atoms. The minimum atomic E-state index is -0.117. The average Bonchev–Trinajstić information content (AvgIpc) is 2.75. The molecule has 0 atom stereocenters. The molecule has 0 aromatic heterocycles. The van der Waals surface area contributed by atoms with E-state index in [0.29, 0.717) is 11.6 Å². The van der Waals surface area contributed by atoms with Crippen LogP contribution in [0.5, 0.6) is 5.75 Å². The molecule has 2 aliphatic heterocycles. The number of ether oxygens (including phenoxy) is 2. The number of amides is 1. The summed E-state index contributed by atoms with van der Waals surface area (Å²) in [5, 5.41) is 3.00. The highest BCUT2D eigenvalue weighted by Crippen LogP contribution is 2.28. The smallest absolute Gasteiger partial charge is 0.255 e. The summed E-state index contributed by atoms with van der Waals surface area (Å²) in [6.45, 7) is 5.01. The van der Waals surface area contributed by atoms with E-state index in [4.69, 9.17) is 9.47 Å². The van der Waals surface area contributed by atoms with Crippen molar-refractivity contribution in [3.8, 4) is 5.75 Å². The Morgan fingerprint density at radius 3 is 2.57 bits per heavy atom. The van der Waals surface area contributed by atoms with E-state index in [2.05, 4.69) is 31.5 Å². The molecular weight excluding hydrogens is 376 g/mol. The first-order chi connectivity index (χ1) is 14.4. The zero-order valence-electron chi connectivity index (χ0n) is 18.1. The maximum absolute atomic E-state index is 12.7. The number of nitrogens with zero attached hydrogens (tertiary/aromatic N) is 1. The predicted octanol–water partition coefficient (Wildman–Crippen LogP) is 4.16. The van der Waals surface area contributed by atoms with Crippen LogP contribution in [0.2, 0.25) is 0 Å². The van der Waals surface area contributed by atoms with E-state index in [0.717, 1.165) is 59.6 Å². The molecule has 2 heterocycles. The molecule has 5 nitrogen and oxygen atoms in total. The number of nitrogens with one attached hydrogen (secondary N) is 1. The van der Waals surface area contributed by atoms with Crippen molar-refractivity contribution in [1.82, 2.24) is 0 Å². The first-order valence-electron chi connectivity index (χ1n) is 10.7. The number of rotatable bonds is 5. The van der Waals surface area contributed by atoms with Gasteiger partial charge in [-0.15, -0.1) is 0 Å². The van der Waals surface area contributed by atoms with Crippen LogP contribution in [0.4, 0.5) is 5.69 Å². The third kappa shape index (κ3) is 4.74.